The second-order valence-corrected chi connectivity index (χ2v) is 10.9. The average Bonchev–Trinajstić information content (AvgIpc) is 3.31. The number of rotatable bonds is 7. The number of anilines is 1. The first-order chi connectivity index (χ1) is 16.3. The zero-order valence-electron chi connectivity index (χ0n) is 18.8. The summed E-state index contributed by atoms with van der Waals surface area (Å²) in [5, 5.41) is 7.22. The largest absolute Gasteiger partial charge is 0.495 e. The van der Waals surface area contributed by atoms with Crippen molar-refractivity contribution in [3.63, 3.8) is 0 Å². The lowest BCUT2D eigenvalue weighted by atomic mass is 10.1. The minimum atomic E-state index is -3.76. The van der Waals surface area contributed by atoms with Crippen molar-refractivity contribution in [2.24, 2.45) is 0 Å². The van der Waals surface area contributed by atoms with Crippen LogP contribution in [0.3, 0.4) is 0 Å². The summed E-state index contributed by atoms with van der Waals surface area (Å²) in [5.74, 6) is -0.460. The summed E-state index contributed by atoms with van der Waals surface area (Å²) in [6.07, 6.45) is 0.674. The van der Waals surface area contributed by atoms with Gasteiger partial charge in [0.05, 0.1) is 24.2 Å². The van der Waals surface area contributed by atoms with Crippen molar-refractivity contribution in [2.45, 2.75) is 24.8 Å². The van der Waals surface area contributed by atoms with Gasteiger partial charge < -0.3 is 15.4 Å². The maximum Gasteiger partial charge on any atom is 0.251 e. The second-order valence-electron chi connectivity index (χ2n) is 7.92. The number of fused-ring (bicyclic) bond motifs is 1. The van der Waals surface area contributed by atoms with E-state index < -0.39 is 21.8 Å². The zero-order chi connectivity index (χ0) is 24.3. The van der Waals surface area contributed by atoms with Crippen molar-refractivity contribution in [3.8, 4) is 5.75 Å². The van der Waals surface area contributed by atoms with E-state index in [2.05, 4.69) is 10.6 Å². The normalized spacial score (nSPS) is 13.7. The van der Waals surface area contributed by atoms with Crippen LogP contribution in [-0.4, -0.2) is 44.7 Å². The number of nitrogens with one attached hydrogen (secondary N) is 2. The van der Waals surface area contributed by atoms with E-state index >= 15 is 0 Å². The van der Waals surface area contributed by atoms with Gasteiger partial charge in [-0.1, -0.05) is 12.1 Å². The number of amides is 2. The van der Waals surface area contributed by atoms with Crippen LogP contribution in [0.4, 0.5) is 5.69 Å². The molecule has 4 rings (SSSR count). The maximum absolute atomic E-state index is 13.2. The Morgan fingerprint density at radius 3 is 2.76 bits per heavy atom. The fourth-order valence-electron chi connectivity index (χ4n) is 3.75. The van der Waals surface area contributed by atoms with Crippen LogP contribution in [0.5, 0.6) is 5.75 Å². The van der Waals surface area contributed by atoms with Crippen LogP contribution in [0, 0.1) is 6.92 Å². The lowest BCUT2D eigenvalue weighted by molar-refractivity contribution is -0.115. The molecule has 1 aromatic heterocycles. The number of hydrogen-bond donors (Lipinski definition) is 2. The Kier molecular flexibility index (Phi) is 7.01. The number of nitrogens with zero attached hydrogens (tertiary/aromatic N) is 1. The second kappa shape index (κ2) is 9.96. The number of carbonyl (C=O) groups excluding carboxylic acids is 2. The van der Waals surface area contributed by atoms with Crippen molar-refractivity contribution in [1.29, 1.82) is 0 Å². The molecule has 0 saturated carbocycles. The zero-order valence-corrected chi connectivity index (χ0v) is 20.5. The monoisotopic (exact) mass is 499 g/mol. The third kappa shape index (κ3) is 5.14. The van der Waals surface area contributed by atoms with Crippen LogP contribution < -0.4 is 15.4 Å². The van der Waals surface area contributed by atoms with Crippen molar-refractivity contribution in [1.82, 2.24) is 9.62 Å². The smallest absolute Gasteiger partial charge is 0.251 e. The average molecular weight is 500 g/mol. The molecule has 2 aromatic carbocycles. The first kappa shape index (κ1) is 23.9. The number of aryl methyl sites for hydroxylation is 1. The van der Waals surface area contributed by atoms with Crippen LogP contribution >= 0.6 is 11.3 Å². The third-order valence-corrected chi connectivity index (χ3v) is 8.41. The van der Waals surface area contributed by atoms with E-state index in [1.54, 1.807) is 23.5 Å². The number of ether oxygens (including phenoxy) is 1. The SMILES string of the molecule is COc1ccc(C)cc1NC(=O)CNC(=O)c1cccc(S(=O)(=O)N2CCc3sccc3C2)c1. The van der Waals surface area contributed by atoms with Crippen molar-refractivity contribution in [2.75, 3.05) is 25.5 Å². The fourth-order valence-corrected chi connectivity index (χ4v) is 6.11. The molecule has 3 aromatic rings. The van der Waals surface area contributed by atoms with Gasteiger partial charge in [0.15, 0.2) is 0 Å². The fraction of sp³-hybridized carbons (Fsp3) is 0.250. The minimum absolute atomic E-state index is 0.0489. The molecule has 178 valence electrons. The first-order valence-electron chi connectivity index (χ1n) is 10.7. The van der Waals surface area contributed by atoms with Crippen molar-refractivity contribution < 1.29 is 22.7 Å². The Bertz CT molecular complexity index is 1330. The Morgan fingerprint density at radius 1 is 1.15 bits per heavy atom. The number of benzene rings is 2. The highest BCUT2D eigenvalue weighted by Gasteiger charge is 2.29. The van der Waals surface area contributed by atoms with Crippen LogP contribution in [0.1, 0.15) is 26.4 Å². The summed E-state index contributed by atoms with van der Waals surface area (Å²) in [5.41, 5.74) is 2.63. The standard InChI is InChI=1S/C24H25N3O5S2/c1-16-6-7-21(32-2)20(12-16)26-23(28)14-25-24(29)17-4-3-5-19(13-17)34(30,31)27-10-8-22-18(15-27)9-11-33-22/h3-7,9,11-13H,8,10,14-15H2,1-2H3,(H,25,29)(H,26,28). The van der Waals surface area contributed by atoms with Gasteiger partial charge in [-0.05, 0) is 66.2 Å². The van der Waals surface area contributed by atoms with Gasteiger partial charge in [0, 0.05) is 23.5 Å². The minimum Gasteiger partial charge on any atom is -0.495 e. The Balaban J connectivity index is 1.41. The molecule has 0 aliphatic carbocycles. The number of carbonyl (C=O) groups is 2. The van der Waals surface area contributed by atoms with Crippen LogP contribution in [0.2, 0.25) is 0 Å². The van der Waals surface area contributed by atoms with Crippen molar-refractivity contribution >= 4 is 38.9 Å². The van der Waals surface area contributed by atoms with Gasteiger partial charge in [-0.3, -0.25) is 9.59 Å². The molecule has 2 N–H and O–H groups in total. The van der Waals surface area contributed by atoms with E-state index in [0.29, 0.717) is 30.9 Å². The lowest BCUT2D eigenvalue weighted by Gasteiger charge is -2.26. The molecule has 0 saturated heterocycles. The van der Waals surface area contributed by atoms with Gasteiger partial charge in [-0.15, -0.1) is 11.3 Å². The molecule has 34 heavy (non-hydrogen) atoms. The van der Waals surface area contributed by atoms with Crippen LogP contribution in [0.25, 0.3) is 0 Å². The number of sulfonamides is 1. The van der Waals surface area contributed by atoms with Gasteiger partial charge in [-0.25, -0.2) is 8.42 Å². The van der Waals surface area contributed by atoms with Crippen LogP contribution in [-0.2, 0) is 27.8 Å². The third-order valence-electron chi connectivity index (χ3n) is 5.55. The maximum atomic E-state index is 13.2. The van der Waals surface area contributed by atoms with Gasteiger partial charge >= 0.3 is 0 Å². The molecule has 1 aliphatic heterocycles. The molecular weight excluding hydrogens is 474 g/mol. The molecule has 2 heterocycles. The Morgan fingerprint density at radius 2 is 1.97 bits per heavy atom. The van der Waals surface area contributed by atoms with E-state index in [0.717, 1.165) is 11.1 Å². The summed E-state index contributed by atoms with van der Waals surface area (Å²) in [6, 6.07) is 13.2. The molecule has 1 aliphatic rings. The molecular formula is C24H25N3O5S2. The molecule has 2 amide bonds. The van der Waals surface area contributed by atoms with E-state index in [4.69, 9.17) is 4.74 Å². The highest BCUT2D eigenvalue weighted by Crippen LogP contribution is 2.28. The summed E-state index contributed by atoms with van der Waals surface area (Å²) < 4.78 is 33.0. The van der Waals surface area contributed by atoms with E-state index in [9.17, 15) is 18.0 Å². The van der Waals surface area contributed by atoms with Crippen LogP contribution in [0.15, 0.2) is 58.8 Å². The topological polar surface area (TPSA) is 105 Å². The summed E-state index contributed by atoms with van der Waals surface area (Å²) in [6.45, 7) is 2.33. The van der Waals surface area contributed by atoms with Crippen molar-refractivity contribution in [3.05, 3.63) is 75.5 Å². The Hall–Kier alpha value is -3.21. The molecule has 8 nitrogen and oxygen atoms in total. The number of hydrogen-bond acceptors (Lipinski definition) is 6. The quantitative estimate of drug-likeness (QED) is 0.520. The first-order valence-corrected chi connectivity index (χ1v) is 13.0. The molecule has 0 unspecified atom stereocenters. The highest BCUT2D eigenvalue weighted by atomic mass is 32.2. The highest BCUT2D eigenvalue weighted by molar-refractivity contribution is 7.89. The molecule has 0 radical (unpaired) electrons. The van der Waals surface area contributed by atoms with Gasteiger partial charge in [0.2, 0.25) is 15.9 Å². The lowest BCUT2D eigenvalue weighted by Crippen LogP contribution is -2.35. The molecule has 10 heteroatoms. The molecule has 0 bridgehead atoms. The van der Waals surface area contributed by atoms with E-state index in [1.165, 1.54) is 40.6 Å². The van der Waals surface area contributed by atoms with E-state index in [1.807, 2.05) is 24.4 Å². The predicted octanol–water partition coefficient (Wildman–Crippen LogP) is 3.18. The Labute approximate surface area is 202 Å². The molecule has 0 spiro atoms. The number of thiophene rings is 1. The summed E-state index contributed by atoms with van der Waals surface area (Å²) in [7, 11) is -2.25. The summed E-state index contributed by atoms with van der Waals surface area (Å²) >= 11 is 1.64. The predicted molar refractivity (Wildman–Crippen MR) is 131 cm³/mol. The van der Waals surface area contributed by atoms with Gasteiger partial charge in [0.25, 0.3) is 5.91 Å². The van der Waals surface area contributed by atoms with Gasteiger partial charge in [0.1, 0.15) is 5.75 Å². The van der Waals surface area contributed by atoms with E-state index in [-0.39, 0.29) is 17.0 Å². The molecule has 0 fully saturated rings. The van der Waals surface area contributed by atoms with Gasteiger partial charge in [-0.2, -0.15) is 4.31 Å². The number of methoxy groups -OCH3 is 1. The summed E-state index contributed by atoms with van der Waals surface area (Å²) in [4.78, 5) is 26.3. The molecule has 0 atom stereocenters.